The fourth-order valence-electron chi connectivity index (χ4n) is 3.90. The molecule has 1 aromatic carbocycles. The van der Waals surface area contributed by atoms with Gasteiger partial charge in [0.15, 0.2) is 0 Å². The van der Waals surface area contributed by atoms with Crippen molar-refractivity contribution in [3.8, 4) is 0 Å². The minimum atomic E-state index is -4.45. The molecule has 0 radical (unpaired) electrons. The van der Waals surface area contributed by atoms with Gasteiger partial charge in [0, 0.05) is 26.2 Å². The lowest BCUT2D eigenvalue weighted by atomic mass is 10.0. The number of nitrogens with zero attached hydrogens (tertiary/aromatic N) is 2. The van der Waals surface area contributed by atoms with E-state index in [4.69, 9.17) is 4.74 Å². The number of rotatable bonds is 9. The number of benzene rings is 1. The molecular formula is C22H34F3N3O2. The van der Waals surface area contributed by atoms with Crippen molar-refractivity contribution in [3.05, 3.63) is 35.4 Å². The van der Waals surface area contributed by atoms with Crippen LogP contribution in [0.15, 0.2) is 24.3 Å². The van der Waals surface area contributed by atoms with Crippen LogP contribution in [0, 0.1) is 5.92 Å². The zero-order valence-corrected chi connectivity index (χ0v) is 18.3. The molecule has 0 saturated carbocycles. The van der Waals surface area contributed by atoms with E-state index >= 15 is 0 Å². The Balaban J connectivity index is 2.11. The number of alkyl halides is 3. The Morgan fingerprint density at radius 3 is 2.60 bits per heavy atom. The van der Waals surface area contributed by atoms with Gasteiger partial charge < -0.3 is 10.1 Å². The number of hydrogen-bond donors (Lipinski definition) is 1. The van der Waals surface area contributed by atoms with Gasteiger partial charge in [-0.2, -0.15) is 13.2 Å². The molecule has 1 aliphatic rings. The van der Waals surface area contributed by atoms with Gasteiger partial charge in [0.25, 0.3) is 0 Å². The van der Waals surface area contributed by atoms with E-state index in [2.05, 4.69) is 24.1 Å². The number of ether oxygens (including phenoxy) is 1. The Kier molecular flexibility index (Phi) is 9.12. The molecule has 0 bridgehead atoms. The van der Waals surface area contributed by atoms with Gasteiger partial charge in [0.05, 0.1) is 18.3 Å². The van der Waals surface area contributed by atoms with Crippen LogP contribution in [0.4, 0.5) is 13.2 Å². The number of carbonyl (C=O) groups excluding carboxylic acids is 1. The monoisotopic (exact) mass is 429 g/mol. The van der Waals surface area contributed by atoms with Crippen molar-refractivity contribution in [2.45, 2.75) is 46.0 Å². The molecule has 1 fully saturated rings. The molecule has 1 aliphatic heterocycles. The average molecular weight is 430 g/mol. The van der Waals surface area contributed by atoms with Gasteiger partial charge in [-0.3, -0.25) is 14.6 Å². The zero-order chi connectivity index (χ0) is 22.3. The molecule has 5 nitrogen and oxygen atoms in total. The van der Waals surface area contributed by atoms with Gasteiger partial charge in [0.1, 0.15) is 6.04 Å². The normalized spacial score (nSPS) is 19.3. The molecule has 0 aromatic heterocycles. The van der Waals surface area contributed by atoms with E-state index in [1.165, 1.54) is 6.07 Å². The highest BCUT2D eigenvalue weighted by Gasteiger charge is 2.33. The van der Waals surface area contributed by atoms with Gasteiger partial charge >= 0.3 is 6.18 Å². The van der Waals surface area contributed by atoms with E-state index in [9.17, 15) is 18.0 Å². The van der Waals surface area contributed by atoms with Crippen LogP contribution < -0.4 is 5.32 Å². The van der Waals surface area contributed by atoms with Crippen molar-refractivity contribution < 1.29 is 22.7 Å². The first-order chi connectivity index (χ1) is 14.2. The molecule has 8 heteroatoms. The molecule has 0 unspecified atom stereocenters. The molecule has 1 amide bonds. The van der Waals surface area contributed by atoms with Crippen LogP contribution >= 0.6 is 0 Å². The fraction of sp³-hybridized carbons (Fsp3) is 0.682. The van der Waals surface area contributed by atoms with E-state index in [0.29, 0.717) is 37.7 Å². The van der Waals surface area contributed by atoms with E-state index < -0.39 is 17.8 Å². The molecule has 1 heterocycles. The van der Waals surface area contributed by atoms with Crippen molar-refractivity contribution in [1.29, 1.82) is 0 Å². The standard InChI is InChI=1S/C22H34F3N3O2/c1-5-28(6-2)20(17-8-7-9-18(12-17)22(23,24)25)21(29)26-13-19-15-27(10-11-30-19)14-16(3)4/h7-9,12,16,19-20H,5-6,10-11,13-15H2,1-4H3,(H,26,29)/t19-,20+/m1/s1. The number of amides is 1. The summed E-state index contributed by atoms with van der Waals surface area (Å²) in [7, 11) is 0. The predicted octanol–water partition coefficient (Wildman–Crippen LogP) is 3.56. The van der Waals surface area contributed by atoms with Gasteiger partial charge in [-0.05, 0) is 36.7 Å². The van der Waals surface area contributed by atoms with E-state index in [1.54, 1.807) is 6.07 Å². The third-order valence-corrected chi connectivity index (χ3v) is 5.31. The van der Waals surface area contributed by atoms with Crippen LogP contribution in [0.2, 0.25) is 0 Å². The molecule has 1 N–H and O–H groups in total. The van der Waals surface area contributed by atoms with Crippen molar-refractivity contribution >= 4 is 5.91 Å². The highest BCUT2D eigenvalue weighted by molar-refractivity contribution is 5.83. The first kappa shape index (κ1) is 24.6. The molecule has 30 heavy (non-hydrogen) atoms. The molecule has 0 aliphatic carbocycles. The maximum atomic E-state index is 13.2. The minimum absolute atomic E-state index is 0.125. The topological polar surface area (TPSA) is 44.8 Å². The smallest absolute Gasteiger partial charge is 0.374 e. The number of morpholine rings is 1. The summed E-state index contributed by atoms with van der Waals surface area (Å²) in [5, 5.41) is 2.92. The number of likely N-dealkylation sites (N-methyl/N-ethyl adjacent to an activating group) is 1. The summed E-state index contributed by atoms with van der Waals surface area (Å²) in [6, 6.07) is 4.26. The molecule has 170 valence electrons. The van der Waals surface area contributed by atoms with Crippen molar-refractivity contribution in [1.82, 2.24) is 15.1 Å². The average Bonchev–Trinajstić information content (AvgIpc) is 2.69. The van der Waals surface area contributed by atoms with Gasteiger partial charge in [0.2, 0.25) is 5.91 Å². The second kappa shape index (κ2) is 11.1. The quantitative estimate of drug-likeness (QED) is 0.652. The molecule has 1 saturated heterocycles. The summed E-state index contributed by atoms with van der Waals surface area (Å²) >= 11 is 0. The summed E-state index contributed by atoms with van der Waals surface area (Å²) in [6.45, 7) is 12.7. The Morgan fingerprint density at radius 2 is 2.00 bits per heavy atom. The highest BCUT2D eigenvalue weighted by atomic mass is 19.4. The maximum Gasteiger partial charge on any atom is 0.416 e. The van der Waals surface area contributed by atoms with Crippen molar-refractivity contribution in [2.75, 3.05) is 45.9 Å². The maximum absolute atomic E-state index is 13.2. The van der Waals surface area contributed by atoms with Crippen LogP contribution in [0.25, 0.3) is 0 Å². The molecule has 2 rings (SSSR count). The lowest BCUT2D eigenvalue weighted by Crippen LogP contribution is -2.50. The van der Waals surface area contributed by atoms with Gasteiger partial charge in [-0.15, -0.1) is 0 Å². The second-order valence-corrected chi connectivity index (χ2v) is 8.14. The van der Waals surface area contributed by atoms with Gasteiger partial charge in [-0.25, -0.2) is 0 Å². The van der Waals surface area contributed by atoms with E-state index in [0.717, 1.165) is 31.8 Å². The molecule has 0 spiro atoms. The van der Waals surface area contributed by atoms with Crippen LogP contribution in [-0.4, -0.2) is 67.7 Å². The number of nitrogens with one attached hydrogen (secondary N) is 1. The van der Waals surface area contributed by atoms with Crippen molar-refractivity contribution in [3.63, 3.8) is 0 Å². The van der Waals surface area contributed by atoms with Crippen LogP contribution in [0.5, 0.6) is 0 Å². The molecular weight excluding hydrogens is 395 g/mol. The number of carbonyl (C=O) groups is 1. The molecule has 2 atom stereocenters. The summed E-state index contributed by atoms with van der Waals surface area (Å²) in [4.78, 5) is 17.2. The first-order valence-corrected chi connectivity index (χ1v) is 10.7. The summed E-state index contributed by atoms with van der Waals surface area (Å²) in [5.41, 5.74) is -0.401. The Morgan fingerprint density at radius 1 is 1.30 bits per heavy atom. The third-order valence-electron chi connectivity index (χ3n) is 5.31. The largest absolute Gasteiger partial charge is 0.416 e. The SMILES string of the molecule is CCN(CC)[C@H](C(=O)NC[C@@H]1CN(CC(C)C)CCO1)c1cccc(C(F)(F)F)c1. The van der Waals surface area contributed by atoms with Crippen molar-refractivity contribution in [2.24, 2.45) is 5.92 Å². The van der Waals surface area contributed by atoms with Crippen LogP contribution in [0.3, 0.4) is 0 Å². The lowest BCUT2D eigenvalue weighted by Gasteiger charge is -2.35. The predicted molar refractivity (Wildman–Crippen MR) is 111 cm³/mol. The van der Waals surface area contributed by atoms with Crippen LogP contribution in [-0.2, 0) is 15.7 Å². The number of halogens is 3. The summed E-state index contributed by atoms with van der Waals surface area (Å²) < 4.78 is 45.3. The Labute approximate surface area is 177 Å². The first-order valence-electron chi connectivity index (χ1n) is 10.7. The van der Waals surface area contributed by atoms with Gasteiger partial charge in [-0.1, -0.05) is 39.8 Å². The van der Waals surface area contributed by atoms with Crippen LogP contribution in [0.1, 0.15) is 44.9 Å². The lowest BCUT2D eigenvalue weighted by molar-refractivity contribution is -0.138. The van der Waals surface area contributed by atoms with E-state index in [1.807, 2.05) is 18.7 Å². The molecule has 1 aromatic rings. The minimum Gasteiger partial charge on any atom is -0.374 e. The summed E-state index contributed by atoms with van der Waals surface area (Å²) in [5.74, 6) is 0.244. The summed E-state index contributed by atoms with van der Waals surface area (Å²) in [6.07, 6.45) is -4.57. The highest BCUT2D eigenvalue weighted by Crippen LogP contribution is 2.32. The van der Waals surface area contributed by atoms with E-state index in [-0.39, 0.29) is 12.0 Å². The second-order valence-electron chi connectivity index (χ2n) is 8.14. The fourth-order valence-corrected chi connectivity index (χ4v) is 3.90. The Hall–Kier alpha value is -1.64. The Bertz CT molecular complexity index is 678. The third kappa shape index (κ3) is 6.96. The number of hydrogen-bond acceptors (Lipinski definition) is 4. The zero-order valence-electron chi connectivity index (χ0n) is 18.3.